The predicted octanol–water partition coefficient (Wildman–Crippen LogP) is 1.18. The van der Waals surface area contributed by atoms with Gasteiger partial charge in [0.2, 0.25) is 0 Å². The van der Waals surface area contributed by atoms with Crippen molar-refractivity contribution < 1.29 is 9.47 Å². The molecular formula is C16H27N3O2. The van der Waals surface area contributed by atoms with Gasteiger partial charge in [0.25, 0.3) is 0 Å². The SMILES string of the molecule is CCOC(CN)CN1CCN(c2ccc(OC)cc2)CC1. The van der Waals surface area contributed by atoms with E-state index in [1.807, 2.05) is 19.1 Å². The summed E-state index contributed by atoms with van der Waals surface area (Å²) in [6.45, 7) is 8.45. The summed E-state index contributed by atoms with van der Waals surface area (Å²) in [5.41, 5.74) is 7.01. The third-order valence-electron chi connectivity index (χ3n) is 3.94. The maximum Gasteiger partial charge on any atom is 0.119 e. The minimum Gasteiger partial charge on any atom is -0.497 e. The van der Waals surface area contributed by atoms with E-state index in [2.05, 4.69) is 21.9 Å². The van der Waals surface area contributed by atoms with Crippen LogP contribution in [0.5, 0.6) is 5.75 Å². The van der Waals surface area contributed by atoms with Crippen LogP contribution in [0.4, 0.5) is 5.69 Å². The van der Waals surface area contributed by atoms with E-state index >= 15 is 0 Å². The number of methoxy groups -OCH3 is 1. The molecule has 1 unspecified atom stereocenters. The van der Waals surface area contributed by atoms with Crippen LogP contribution in [0.1, 0.15) is 6.92 Å². The number of hydrogen-bond acceptors (Lipinski definition) is 5. The molecule has 1 aromatic carbocycles. The van der Waals surface area contributed by atoms with Gasteiger partial charge < -0.3 is 20.1 Å². The summed E-state index contributed by atoms with van der Waals surface area (Å²) >= 11 is 0. The zero-order valence-corrected chi connectivity index (χ0v) is 13.1. The van der Waals surface area contributed by atoms with Gasteiger partial charge in [-0.2, -0.15) is 0 Å². The molecule has 118 valence electrons. The largest absolute Gasteiger partial charge is 0.497 e. The molecular weight excluding hydrogens is 266 g/mol. The van der Waals surface area contributed by atoms with Gasteiger partial charge in [-0.15, -0.1) is 0 Å². The monoisotopic (exact) mass is 293 g/mol. The highest BCUT2D eigenvalue weighted by molar-refractivity contribution is 5.49. The summed E-state index contributed by atoms with van der Waals surface area (Å²) in [6.07, 6.45) is 0.155. The Kier molecular flexibility index (Phi) is 6.29. The number of benzene rings is 1. The molecule has 1 saturated heterocycles. The lowest BCUT2D eigenvalue weighted by atomic mass is 10.2. The van der Waals surface area contributed by atoms with E-state index in [0.717, 1.165) is 45.1 Å². The number of hydrogen-bond donors (Lipinski definition) is 1. The fourth-order valence-corrected chi connectivity index (χ4v) is 2.70. The number of ether oxygens (including phenoxy) is 2. The van der Waals surface area contributed by atoms with Crippen molar-refractivity contribution in [2.45, 2.75) is 13.0 Å². The topological polar surface area (TPSA) is 51.0 Å². The van der Waals surface area contributed by atoms with Gasteiger partial charge in [-0.1, -0.05) is 0 Å². The lowest BCUT2D eigenvalue weighted by Gasteiger charge is -2.37. The predicted molar refractivity (Wildman–Crippen MR) is 86.1 cm³/mol. The standard InChI is InChI=1S/C16H27N3O2/c1-3-21-16(12-17)13-18-8-10-19(11-9-18)14-4-6-15(20-2)7-5-14/h4-7,16H,3,8-13,17H2,1-2H3. The van der Waals surface area contributed by atoms with Crippen molar-refractivity contribution in [2.24, 2.45) is 5.73 Å². The molecule has 0 radical (unpaired) electrons. The van der Waals surface area contributed by atoms with Crippen molar-refractivity contribution in [1.82, 2.24) is 4.90 Å². The van der Waals surface area contributed by atoms with Gasteiger partial charge in [-0.3, -0.25) is 4.90 Å². The lowest BCUT2D eigenvalue weighted by molar-refractivity contribution is 0.0379. The first kappa shape index (κ1) is 16.1. The van der Waals surface area contributed by atoms with Crippen LogP contribution in [0.3, 0.4) is 0 Å². The van der Waals surface area contributed by atoms with Crippen molar-refractivity contribution in [3.63, 3.8) is 0 Å². The Morgan fingerprint density at radius 1 is 1.14 bits per heavy atom. The zero-order valence-electron chi connectivity index (χ0n) is 13.1. The average Bonchev–Trinajstić information content (AvgIpc) is 2.55. The molecule has 2 N–H and O–H groups in total. The second kappa shape index (κ2) is 8.22. The first-order valence-electron chi connectivity index (χ1n) is 7.69. The molecule has 1 aromatic rings. The Labute approximate surface area is 127 Å². The third-order valence-corrected chi connectivity index (χ3v) is 3.94. The number of anilines is 1. The van der Waals surface area contributed by atoms with Crippen molar-refractivity contribution in [2.75, 3.05) is 57.9 Å². The van der Waals surface area contributed by atoms with E-state index in [0.29, 0.717) is 6.54 Å². The molecule has 1 heterocycles. The summed E-state index contributed by atoms with van der Waals surface area (Å²) in [5.74, 6) is 0.903. The van der Waals surface area contributed by atoms with Gasteiger partial charge in [0, 0.05) is 51.6 Å². The van der Waals surface area contributed by atoms with Crippen molar-refractivity contribution in [1.29, 1.82) is 0 Å². The van der Waals surface area contributed by atoms with Crippen molar-refractivity contribution >= 4 is 5.69 Å². The molecule has 1 aliphatic heterocycles. The second-order valence-electron chi connectivity index (χ2n) is 5.30. The van der Waals surface area contributed by atoms with E-state index in [1.54, 1.807) is 7.11 Å². The molecule has 0 aromatic heterocycles. The number of rotatable bonds is 7. The molecule has 5 nitrogen and oxygen atoms in total. The van der Waals surface area contributed by atoms with Crippen LogP contribution in [-0.4, -0.2) is 64.0 Å². The molecule has 0 saturated carbocycles. The first-order valence-corrected chi connectivity index (χ1v) is 7.69. The summed E-state index contributed by atoms with van der Waals surface area (Å²) in [6, 6.07) is 8.28. The lowest BCUT2D eigenvalue weighted by Crippen LogP contribution is -2.50. The smallest absolute Gasteiger partial charge is 0.119 e. The van der Waals surface area contributed by atoms with Gasteiger partial charge in [0.15, 0.2) is 0 Å². The van der Waals surface area contributed by atoms with E-state index in [-0.39, 0.29) is 6.10 Å². The number of piperazine rings is 1. The van der Waals surface area contributed by atoms with E-state index in [9.17, 15) is 0 Å². The third kappa shape index (κ3) is 4.59. The molecule has 1 atom stereocenters. The van der Waals surface area contributed by atoms with Crippen LogP contribution in [0.25, 0.3) is 0 Å². The van der Waals surface area contributed by atoms with Crippen LogP contribution in [-0.2, 0) is 4.74 Å². The minimum atomic E-state index is 0.155. The van der Waals surface area contributed by atoms with Gasteiger partial charge in [-0.25, -0.2) is 0 Å². The molecule has 5 heteroatoms. The molecule has 0 amide bonds. The minimum absolute atomic E-state index is 0.155. The highest BCUT2D eigenvalue weighted by Crippen LogP contribution is 2.20. The molecule has 1 fully saturated rings. The highest BCUT2D eigenvalue weighted by Gasteiger charge is 2.20. The Hall–Kier alpha value is -1.30. The van der Waals surface area contributed by atoms with Crippen LogP contribution < -0.4 is 15.4 Å². The Morgan fingerprint density at radius 3 is 2.33 bits per heavy atom. The maximum absolute atomic E-state index is 5.75. The molecule has 0 aliphatic carbocycles. The Morgan fingerprint density at radius 2 is 1.81 bits per heavy atom. The van der Waals surface area contributed by atoms with Crippen molar-refractivity contribution in [3.05, 3.63) is 24.3 Å². The number of nitrogens with zero attached hydrogens (tertiary/aromatic N) is 2. The van der Waals surface area contributed by atoms with Crippen molar-refractivity contribution in [3.8, 4) is 5.75 Å². The molecule has 2 rings (SSSR count). The molecule has 1 aliphatic rings. The summed E-state index contributed by atoms with van der Waals surface area (Å²) in [4.78, 5) is 4.85. The normalized spacial score (nSPS) is 17.8. The summed E-state index contributed by atoms with van der Waals surface area (Å²) in [7, 11) is 1.69. The van der Waals surface area contributed by atoms with E-state index in [1.165, 1.54) is 5.69 Å². The van der Waals surface area contributed by atoms with Gasteiger partial charge >= 0.3 is 0 Å². The average molecular weight is 293 g/mol. The molecule has 0 spiro atoms. The van der Waals surface area contributed by atoms with Gasteiger partial charge in [0.05, 0.1) is 13.2 Å². The first-order chi connectivity index (χ1) is 10.3. The number of nitrogens with two attached hydrogens (primary N) is 1. The summed E-state index contributed by atoms with van der Waals surface area (Å²) < 4.78 is 10.8. The van der Waals surface area contributed by atoms with E-state index in [4.69, 9.17) is 15.2 Å². The van der Waals surface area contributed by atoms with Crippen LogP contribution >= 0.6 is 0 Å². The quantitative estimate of drug-likeness (QED) is 0.818. The van der Waals surface area contributed by atoms with Crippen LogP contribution in [0, 0.1) is 0 Å². The van der Waals surface area contributed by atoms with Crippen LogP contribution in [0.15, 0.2) is 24.3 Å². The zero-order chi connectivity index (χ0) is 15.1. The molecule has 21 heavy (non-hydrogen) atoms. The van der Waals surface area contributed by atoms with E-state index < -0.39 is 0 Å². The van der Waals surface area contributed by atoms with Crippen LogP contribution in [0.2, 0.25) is 0 Å². The fraction of sp³-hybridized carbons (Fsp3) is 0.625. The highest BCUT2D eigenvalue weighted by atomic mass is 16.5. The fourth-order valence-electron chi connectivity index (χ4n) is 2.70. The van der Waals surface area contributed by atoms with Gasteiger partial charge in [0.1, 0.15) is 5.75 Å². The summed E-state index contributed by atoms with van der Waals surface area (Å²) in [5, 5.41) is 0. The Bertz CT molecular complexity index is 402. The maximum atomic E-state index is 5.75. The molecule has 0 bridgehead atoms. The Balaban J connectivity index is 1.82. The van der Waals surface area contributed by atoms with Gasteiger partial charge in [-0.05, 0) is 31.2 Å². The second-order valence-corrected chi connectivity index (χ2v) is 5.30.